The molecule has 3 aromatic heterocycles. The number of esters is 1. The van der Waals surface area contributed by atoms with Crippen molar-refractivity contribution in [3.63, 3.8) is 0 Å². The molecule has 4 aromatic rings. The van der Waals surface area contributed by atoms with Gasteiger partial charge in [-0.05, 0) is 24.3 Å². The number of rotatable bonds is 9. The zero-order valence-electron chi connectivity index (χ0n) is 22.5. The number of aldehydes is 1. The normalized spacial score (nSPS) is 18.6. The lowest BCUT2D eigenvalue weighted by Crippen LogP contribution is -2.52. The van der Waals surface area contributed by atoms with Crippen LogP contribution in [0.3, 0.4) is 0 Å². The van der Waals surface area contributed by atoms with Crippen molar-refractivity contribution in [2.45, 2.75) is 25.2 Å². The van der Waals surface area contributed by atoms with Gasteiger partial charge in [0.05, 0.1) is 30.5 Å². The molecular weight excluding hydrogens is 590 g/mol. The van der Waals surface area contributed by atoms with Crippen molar-refractivity contribution in [3.8, 4) is 17.0 Å². The Morgan fingerprint density at radius 2 is 2.05 bits per heavy atom. The summed E-state index contributed by atoms with van der Waals surface area (Å²) in [5, 5.41) is 11.7. The second-order valence-electron chi connectivity index (χ2n) is 9.95. The first-order valence-corrected chi connectivity index (χ1v) is 13.7. The second-order valence-corrected chi connectivity index (χ2v) is 10.4. The molecule has 1 aromatic carbocycles. The third-order valence-corrected chi connectivity index (χ3v) is 7.62. The van der Waals surface area contributed by atoms with Gasteiger partial charge in [0, 0.05) is 49.2 Å². The van der Waals surface area contributed by atoms with E-state index in [-0.39, 0.29) is 45.3 Å². The highest BCUT2D eigenvalue weighted by Gasteiger charge is 2.34. The van der Waals surface area contributed by atoms with Gasteiger partial charge in [0.15, 0.2) is 18.1 Å². The summed E-state index contributed by atoms with van der Waals surface area (Å²) in [4.78, 5) is 45.6. The van der Waals surface area contributed by atoms with Crippen molar-refractivity contribution < 1.29 is 32.6 Å². The fourth-order valence-corrected chi connectivity index (χ4v) is 5.47. The fourth-order valence-electron chi connectivity index (χ4n) is 5.30. The minimum Gasteiger partial charge on any atom is -0.464 e. The first-order chi connectivity index (χ1) is 20.8. The van der Waals surface area contributed by atoms with E-state index < -0.39 is 18.7 Å². The number of nitrogens with zero attached hydrogens (tertiary/aromatic N) is 7. The molecule has 1 amide bonds. The molecule has 0 bridgehead atoms. The topological polar surface area (TPSA) is 136 Å². The van der Waals surface area contributed by atoms with Gasteiger partial charge in [-0.2, -0.15) is 19.0 Å². The van der Waals surface area contributed by atoms with E-state index >= 15 is 0 Å². The molecule has 0 spiro atoms. The Morgan fingerprint density at radius 3 is 2.77 bits per heavy atom. The van der Waals surface area contributed by atoms with Crippen LogP contribution in [-0.2, 0) is 14.3 Å². The quantitative estimate of drug-likeness (QED) is 0.221. The van der Waals surface area contributed by atoms with Crippen molar-refractivity contribution in [2.75, 3.05) is 38.1 Å². The molecular formula is C27H25ClF2N8O5. The summed E-state index contributed by atoms with van der Waals surface area (Å²) >= 11 is 6.22. The molecule has 2 saturated heterocycles. The van der Waals surface area contributed by atoms with Crippen molar-refractivity contribution in [1.82, 2.24) is 34.2 Å². The number of anilines is 1. The standard InChI is InChI=1S/C27H25ClF2N8O5/c28-16-2-3-21(43-27(29)30)18(10-16)24-20(33-26(41)19-12-32-37-5-1-4-31-25(19)37)13-38(34-24)22(14-39)36-8-6-35(7-9-36)17-11-23(40)42-15-17/h1-5,10,12-14,17,22,27H,6-9,11,15H2,(H,33,41). The number of hydrogen-bond donors (Lipinski definition) is 1. The van der Waals surface area contributed by atoms with Gasteiger partial charge in [-0.1, -0.05) is 11.6 Å². The Hall–Kier alpha value is -4.47. The predicted octanol–water partition coefficient (Wildman–Crippen LogP) is 2.73. The minimum atomic E-state index is -3.13. The molecule has 5 heterocycles. The van der Waals surface area contributed by atoms with Gasteiger partial charge in [0.25, 0.3) is 5.91 Å². The first-order valence-electron chi connectivity index (χ1n) is 13.3. The number of fused-ring (bicyclic) bond motifs is 1. The van der Waals surface area contributed by atoms with Crippen LogP contribution in [0.1, 0.15) is 22.9 Å². The highest BCUT2D eigenvalue weighted by atomic mass is 35.5. The predicted molar refractivity (Wildman–Crippen MR) is 148 cm³/mol. The van der Waals surface area contributed by atoms with Crippen molar-refractivity contribution in [1.29, 1.82) is 0 Å². The zero-order valence-corrected chi connectivity index (χ0v) is 23.2. The Bertz CT molecular complexity index is 1670. The molecule has 2 fully saturated rings. The van der Waals surface area contributed by atoms with Crippen LogP contribution in [0.25, 0.3) is 16.9 Å². The number of aromatic nitrogens is 5. The lowest BCUT2D eigenvalue weighted by molar-refractivity contribution is -0.138. The van der Waals surface area contributed by atoms with Crippen LogP contribution in [0.4, 0.5) is 14.5 Å². The highest BCUT2D eigenvalue weighted by Crippen LogP contribution is 2.38. The molecule has 2 unspecified atom stereocenters. The van der Waals surface area contributed by atoms with Gasteiger partial charge in [-0.25, -0.2) is 14.2 Å². The maximum Gasteiger partial charge on any atom is 0.387 e. The largest absolute Gasteiger partial charge is 0.464 e. The number of nitrogens with one attached hydrogen (secondary N) is 1. The van der Waals surface area contributed by atoms with E-state index in [4.69, 9.17) is 21.1 Å². The van der Waals surface area contributed by atoms with E-state index in [1.165, 1.54) is 46.0 Å². The van der Waals surface area contributed by atoms with Crippen LogP contribution in [-0.4, -0.2) is 97.8 Å². The first kappa shape index (κ1) is 28.6. The SMILES string of the molecule is O=CC(N1CCN(C2COC(=O)C2)CC1)n1cc(NC(=O)c2cnn3cccnc23)c(-c2cc(Cl)ccc2OC(F)F)n1. The minimum absolute atomic E-state index is 0.00653. The number of benzene rings is 1. The van der Waals surface area contributed by atoms with E-state index in [1.807, 2.05) is 4.90 Å². The van der Waals surface area contributed by atoms with Crippen LogP contribution >= 0.6 is 11.6 Å². The number of alkyl halides is 2. The van der Waals surface area contributed by atoms with Crippen molar-refractivity contribution in [2.24, 2.45) is 0 Å². The van der Waals surface area contributed by atoms with Crippen LogP contribution in [0, 0.1) is 0 Å². The Kier molecular flexibility index (Phi) is 8.01. The van der Waals surface area contributed by atoms with Crippen molar-refractivity contribution >= 4 is 41.1 Å². The average molecular weight is 615 g/mol. The number of halogens is 3. The number of carbonyl (C=O) groups is 3. The number of ether oxygens (including phenoxy) is 2. The Morgan fingerprint density at radius 1 is 1.23 bits per heavy atom. The van der Waals surface area contributed by atoms with Crippen LogP contribution in [0.15, 0.2) is 49.1 Å². The molecule has 43 heavy (non-hydrogen) atoms. The number of carbonyl (C=O) groups excluding carboxylic acids is 3. The molecule has 0 radical (unpaired) electrons. The lowest BCUT2D eigenvalue weighted by Gasteiger charge is -2.39. The summed E-state index contributed by atoms with van der Waals surface area (Å²) in [6.45, 7) is -0.653. The van der Waals surface area contributed by atoms with Gasteiger partial charge in [0.1, 0.15) is 23.6 Å². The van der Waals surface area contributed by atoms with Crippen molar-refractivity contribution in [3.05, 3.63) is 59.6 Å². The molecule has 224 valence electrons. The van der Waals surface area contributed by atoms with Gasteiger partial charge in [-0.3, -0.25) is 24.2 Å². The number of piperazine rings is 1. The Balaban J connectivity index is 1.33. The van der Waals surface area contributed by atoms with E-state index in [0.29, 0.717) is 51.1 Å². The number of hydrogen-bond acceptors (Lipinski definition) is 10. The van der Waals surface area contributed by atoms with Gasteiger partial charge < -0.3 is 14.8 Å². The molecule has 2 aliphatic rings. The van der Waals surface area contributed by atoms with Gasteiger partial charge in [-0.15, -0.1) is 0 Å². The third-order valence-electron chi connectivity index (χ3n) is 7.39. The van der Waals surface area contributed by atoms with Crippen LogP contribution in [0.5, 0.6) is 5.75 Å². The number of amides is 1. The maximum atomic E-state index is 13.4. The summed E-state index contributed by atoms with van der Waals surface area (Å²) in [5.41, 5.74) is 0.723. The molecule has 2 atom stereocenters. The molecule has 1 N–H and O–H groups in total. The molecule has 16 heteroatoms. The number of cyclic esters (lactones) is 1. The summed E-state index contributed by atoms with van der Waals surface area (Å²) in [6.07, 6.45) is 6.11. The highest BCUT2D eigenvalue weighted by molar-refractivity contribution is 6.31. The smallest absolute Gasteiger partial charge is 0.387 e. The molecule has 6 rings (SSSR count). The summed E-state index contributed by atoms with van der Waals surface area (Å²) < 4.78 is 39.2. The van der Waals surface area contributed by atoms with Gasteiger partial charge in [0.2, 0.25) is 0 Å². The summed E-state index contributed by atoms with van der Waals surface area (Å²) in [5.74, 6) is -1.03. The fraction of sp³-hybridized carbons (Fsp3) is 0.333. The zero-order chi connectivity index (χ0) is 30.1. The van der Waals surface area contributed by atoms with Gasteiger partial charge >= 0.3 is 12.6 Å². The monoisotopic (exact) mass is 614 g/mol. The summed E-state index contributed by atoms with van der Waals surface area (Å²) in [7, 11) is 0. The van der Waals surface area contributed by atoms with Crippen LogP contribution < -0.4 is 10.1 Å². The molecule has 13 nitrogen and oxygen atoms in total. The Labute approximate surface area is 247 Å². The lowest BCUT2D eigenvalue weighted by atomic mass is 10.1. The van der Waals surface area contributed by atoms with E-state index in [0.717, 1.165) is 0 Å². The molecule has 0 saturated carbocycles. The second kappa shape index (κ2) is 12.0. The summed E-state index contributed by atoms with van der Waals surface area (Å²) in [6, 6.07) is 5.70. The molecule has 0 aliphatic carbocycles. The van der Waals surface area contributed by atoms with Crippen LogP contribution in [0.2, 0.25) is 5.02 Å². The maximum absolute atomic E-state index is 13.4. The molecule has 2 aliphatic heterocycles. The average Bonchev–Trinajstić information content (AvgIpc) is 3.73. The van der Waals surface area contributed by atoms with E-state index in [2.05, 4.69) is 25.4 Å². The third kappa shape index (κ3) is 5.91. The van der Waals surface area contributed by atoms with E-state index in [9.17, 15) is 23.2 Å². The van der Waals surface area contributed by atoms with E-state index in [1.54, 1.807) is 12.3 Å².